The number of pyridine rings is 1. The summed E-state index contributed by atoms with van der Waals surface area (Å²) in [7, 11) is -1.04. The number of piperidine rings is 1. The van der Waals surface area contributed by atoms with Crippen LogP contribution in [0.25, 0.3) is 28.0 Å². The molecule has 6 rings (SSSR count). The lowest BCUT2D eigenvalue weighted by atomic mass is 9.88. The van der Waals surface area contributed by atoms with Crippen molar-refractivity contribution in [1.82, 2.24) is 24.5 Å². The van der Waals surface area contributed by atoms with Crippen LogP contribution < -0.4 is 9.64 Å². The molecule has 0 saturated carbocycles. The number of methoxy groups -OCH3 is 1. The van der Waals surface area contributed by atoms with Gasteiger partial charge in [0.15, 0.2) is 11.5 Å². The number of aromatic nitrogens is 4. The monoisotopic (exact) mass is 894 g/mol. The zero-order valence-corrected chi connectivity index (χ0v) is 39.7. The molecule has 0 aliphatic carbocycles. The maximum absolute atomic E-state index is 13.4. The predicted molar refractivity (Wildman–Crippen MR) is 239 cm³/mol. The number of carbonyl (C=O) groups excluding carboxylic acids is 1. The Bertz CT molecular complexity index is 2010. The molecule has 316 valence electrons. The molecule has 2 saturated heterocycles. The van der Waals surface area contributed by atoms with Crippen LogP contribution in [-0.2, 0) is 20.8 Å². The zero-order chi connectivity index (χ0) is 42.0. The minimum atomic E-state index is -1.32. The Balaban J connectivity index is 1.40. The molecule has 5 heterocycles. The van der Waals surface area contributed by atoms with Crippen molar-refractivity contribution in [3.05, 3.63) is 58.5 Å². The third kappa shape index (κ3) is 10.7. The number of aliphatic hydroxyl groups is 1. The van der Waals surface area contributed by atoms with E-state index in [1.807, 2.05) is 72.9 Å². The molecule has 0 spiro atoms. The highest BCUT2D eigenvalue weighted by Crippen LogP contribution is 2.47. The van der Waals surface area contributed by atoms with E-state index >= 15 is 0 Å². The summed E-state index contributed by atoms with van der Waals surface area (Å²) in [5.74, 6) is 1.56. The van der Waals surface area contributed by atoms with E-state index in [9.17, 15) is 9.90 Å². The van der Waals surface area contributed by atoms with Gasteiger partial charge in [-0.05, 0) is 98.7 Å². The zero-order valence-electron chi connectivity index (χ0n) is 36.1. The molecule has 15 heteroatoms. The summed E-state index contributed by atoms with van der Waals surface area (Å²) in [6, 6.07) is 12.0. The first-order valence-electron chi connectivity index (χ1n) is 20.6. The van der Waals surface area contributed by atoms with Crippen molar-refractivity contribution < 1.29 is 28.8 Å². The first-order valence-corrected chi connectivity index (χ1v) is 28.8. The normalized spacial score (nSPS) is 18.6. The number of hydrogen-bond donors (Lipinski definition) is 1. The van der Waals surface area contributed by atoms with Gasteiger partial charge in [-0.15, -0.1) is 0 Å². The summed E-state index contributed by atoms with van der Waals surface area (Å²) in [5, 5.41) is 14.9. The Hall–Kier alpha value is -3.35. The molecule has 12 nitrogen and oxygen atoms in total. The van der Waals surface area contributed by atoms with Crippen molar-refractivity contribution in [1.29, 1.82) is 0 Å². The maximum Gasteiger partial charge on any atom is 0.410 e. The van der Waals surface area contributed by atoms with E-state index in [-0.39, 0.29) is 30.7 Å². The molecule has 0 radical (unpaired) electrons. The molecular formula is C43H63BrN6O6Si2. The van der Waals surface area contributed by atoms with Gasteiger partial charge in [-0.25, -0.2) is 9.78 Å². The molecule has 2 aliphatic rings. The first-order chi connectivity index (χ1) is 27.4. The molecule has 58 heavy (non-hydrogen) atoms. The number of aliphatic hydroxyl groups excluding tert-OH is 1. The summed E-state index contributed by atoms with van der Waals surface area (Å²) in [5.41, 5.74) is 5.20. The van der Waals surface area contributed by atoms with Crippen LogP contribution in [0.1, 0.15) is 63.6 Å². The van der Waals surface area contributed by atoms with Crippen molar-refractivity contribution in [2.24, 2.45) is 0 Å². The number of ether oxygens (including phenoxy) is 4. The van der Waals surface area contributed by atoms with Crippen LogP contribution in [0.4, 0.5) is 10.6 Å². The highest BCUT2D eigenvalue weighted by Gasteiger charge is 2.46. The van der Waals surface area contributed by atoms with Crippen molar-refractivity contribution in [3.63, 3.8) is 0 Å². The van der Waals surface area contributed by atoms with Gasteiger partial charge in [-0.1, -0.05) is 45.3 Å². The van der Waals surface area contributed by atoms with Gasteiger partial charge in [0.1, 0.15) is 24.8 Å². The second kappa shape index (κ2) is 18.1. The van der Waals surface area contributed by atoms with E-state index in [1.54, 1.807) is 7.11 Å². The van der Waals surface area contributed by atoms with Crippen molar-refractivity contribution in [2.75, 3.05) is 38.7 Å². The molecule has 1 N–H and O–H groups in total. The second-order valence-electron chi connectivity index (χ2n) is 19.2. The highest BCUT2D eigenvalue weighted by atomic mass is 79.9. The molecular weight excluding hydrogens is 833 g/mol. The van der Waals surface area contributed by atoms with Crippen LogP contribution in [0.15, 0.2) is 47.2 Å². The summed E-state index contributed by atoms with van der Waals surface area (Å²) >= 11 is 4.08. The smallest absolute Gasteiger partial charge is 0.410 e. The summed E-state index contributed by atoms with van der Waals surface area (Å²) in [6.07, 6.45) is 6.95. The standard InChI is InChI=1S/C43H63BrN6O6Si2/c1-43(2,3)56-42(52)49-33-13-14-34(49)23-31(22-33)39-38(44)41(48(27-54-17-19-57(5,6)7)28-55-18-20-58(8,9)10)50-40(47-39)35(25-46-50)30-11-15-36(45-24-30)29-12-16-37(53-4)32(21-29)26-51/h11-12,15-16,21,24-25,31,33-34,51H,13-14,17-20,22-23,26-28H2,1-10H3/t31-,33+,34-. The second-order valence-corrected chi connectivity index (χ2v) is 31.3. The predicted octanol–water partition coefficient (Wildman–Crippen LogP) is 9.80. The van der Waals surface area contributed by atoms with Crippen LogP contribution in [0, 0.1) is 0 Å². The topological polar surface area (TPSA) is 124 Å². The van der Waals surface area contributed by atoms with Gasteiger partial charge in [0.2, 0.25) is 0 Å². The van der Waals surface area contributed by atoms with Crippen LogP contribution in [-0.4, -0.2) is 103 Å². The molecule has 3 aromatic heterocycles. The minimum Gasteiger partial charge on any atom is -0.496 e. The Labute approximate surface area is 354 Å². The first kappa shape index (κ1) is 44.2. The van der Waals surface area contributed by atoms with Gasteiger partial charge < -0.3 is 33.9 Å². The van der Waals surface area contributed by atoms with Crippen LogP contribution in [0.5, 0.6) is 5.75 Å². The Kier molecular flexibility index (Phi) is 13.8. The van der Waals surface area contributed by atoms with Crippen LogP contribution in [0.2, 0.25) is 51.4 Å². The Morgan fingerprint density at radius 2 is 1.55 bits per heavy atom. The van der Waals surface area contributed by atoms with E-state index in [4.69, 9.17) is 34.0 Å². The van der Waals surface area contributed by atoms with E-state index in [1.165, 1.54) is 0 Å². The fraction of sp³-hybridized carbons (Fsp3) is 0.581. The van der Waals surface area contributed by atoms with Gasteiger partial charge >= 0.3 is 6.09 Å². The number of fused-ring (bicyclic) bond motifs is 3. The number of anilines is 1. The van der Waals surface area contributed by atoms with Gasteiger partial charge in [-0.2, -0.15) is 9.61 Å². The quantitative estimate of drug-likeness (QED) is 0.0661. The molecule has 4 aromatic rings. The molecule has 1 aromatic carbocycles. The number of rotatable bonds is 16. The van der Waals surface area contributed by atoms with Crippen LogP contribution in [0.3, 0.4) is 0 Å². The maximum atomic E-state index is 13.4. The molecule has 3 atom stereocenters. The SMILES string of the molecule is COc1ccc(-c2ccc(-c3cnn4c(N(COCC[Si](C)(C)C)COCC[Si](C)(C)C)c(Br)c([C@H]5C[C@H]6CC[C@@H](C5)N6C(=O)OC(C)(C)C)nc34)cn2)cc1CO. The lowest BCUT2D eigenvalue weighted by Gasteiger charge is -2.39. The molecule has 2 bridgehead atoms. The van der Waals surface area contributed by atoms with Crippen molar-refractivity contribution >= 4 is 49.6 Å². The summed E-state index contributed by atoms with van der Waals surface area (Å²) in [6.45, 7) is 21.8. The van der Waals surface area contributed by atoms with Crippen LogP contribution >= 0.6 is 15.9 Å². The average molecular weight is 896 g/mol. The van der Waals surface area contributed by atoms with E-state index in [2.05, 4.69) is 60.1 Å². The van der Waals surface area contributed by atoms with Gasteiger partial charge in [-0.3, -0.25) is 4.98 Å². The van der Waals surface area contributed by atoms with E-state index < -0.39 is 21.7 Å². The third-order valence-corrected chi connectivity index (χ3v) is 15.1. The van der Waals surface area contributed by atoms with E-state index in [0.717, 1.165) is 76.1 Å². The lowest BCUT2D eigenvalue weighted by molar-refractivity contribution is 0.00566. The Morgan fingerprint density at radius 3 is 2.09 bits per heavy atom. The molecule has 2 fully saturated rings. The summed E-state index contributed by atoms with van der Waals surface area (Å²) in [4.78, 5) is 27.9. The fourth-order valence-electron chi connectivity index (χ4n) is 7.79. The third-order valence-electron chi connectivity index (χ3n) is 10.9. The van der Waals surface area contributed by atoms with Gasteiger partial charge in [0.05, 0.1) is 35.8 Å². The number of amides is 1. The van der Waals surface area contributed by atoms with Gasteiger partial charge in [0.25, 0.3) is 0 Å². The molecule has 2 aliphatic heterocycles. The van der Waals surface area contributed by atoms with Gasteiger partial charge in [0, 0.05) is 75.8 Å². The lowest BCUT2D eigenvalue weighted by Crippen LogP contribution is -2.48. The highest BCUT2D eigenvalue weighted by molar-refractivity contribution is 9.10. The summed E-state index contributed by atoms with van der Waals surface area (Å²) < 4.78 is 26.9. The number of benzene rings is 1. The van der Waals surface area contributed by atoms with Crippen molar-refractivity contribution in [2.45, 2.75) is 128 Å². The number of carbonyl (C=O) groups is 1. The Morgan fingerprint density at radius 1 is 0.931 bits per heavy atom. The largest absolute Gasteiger partial charge is 0.496 e. The number of nitrogens with zero attached hydrogens (tertiary/aromatic N) is 6. The fourth-order valence-corrected chi connectivity index (χ4v) is 10.1. The van der Waals surface area contributed by atoms with Crippen molar-refractivity contribution in [3.8, 4) is 28.1 Å². The minimum absolute atomic E-state index is 0.0725. The molecule has 0 unspecified atom stereocenters. The number of halogens is 1. The molecule has 1 amide bonds. The average Bonchev–Trinajstić information content (AvgIpc) is 3.69. The number of hydrogen-bond acceptors (Lipinski definition) is 10. The van der Waals surface area contributed by atoms with E-state index in [0.29, 0.717) is 43.6 Å².